The van der Waals surface area contributed by atoms with Crippen LogP contribution in [0.4, 0.5) is 0 Å². The molecule has 0 aliphatic heterocycles. The van der Waals surface area contributed by atoms with Crippen molar-refractivity contribution in [2.24, 2.45) is 17.4 Å². The maximum atomic E-state index is 12.3. The molecule has 152 valence electrons. The first-order valence-electron chi connectivity index (χ1n) is 8.69. The van der Waals surface area contributed by atoms with Crippen molar-refractivity contribution in [3.8, 4) is 0 Å². The zero-order valence-electron chi connectivity index (χ0n) is 15.8. The predicted molar refractivity (Wildman–Crippen MR) is 99.3 cm³/mol. The summed E-state index contributed by atoms with van der Waals surface area (Å²) in [7, 11) is 0. The Labute approximate surface area is 162 Å². The Morgan fingerprint density at radius 3 is 2.14 bits per heavy atom. The number of pyridine rings is 1. The largest absolute Gasteiger partial charge is 0.370 e. The molecule has 0 aromatic carbocycles. The lowest BCUT2D eigenvalue weighted by Crippen LogP contribution is -2.48. The number of ketones is 1. The first-order chi connectivity index (χ1) is 13.1. The van der Waals surface area contributed by atoms with Crippen LogP contribution in [0.1, 0.15) is 32.3 Å². The monoisotopic (exact) mass is 391 g/mol. The molecule has 0 fully saturated rings. The van der Waals surface area contributed by atoms with Crippen LogP contribution in [0.3, 0.4) is 0 Å². The summed E-state index contributed by atoms with van der Waals surface area (Å²) < 4.78 is 0. The van der Waals surface area contributed by atoms with Gasteiger partial charge in [-0.15, -0.1) is 0 Å². The highest BCUT2D eigenvalue weighted by Gasteiger charge is 2.26. The number of nitrogens with one attached hydrogen (secondary N) is 2. The Morgan fingerprint density at radius 2 is 1.61 bits per heavy atom. The number of rotatable bonds is 11. The van der Waals surface area contributed by atoms with E-state index in [1.807, 2.05) is 0 Å². The van der Waals surface area contributed by atoms with Gasteiger partial charge in [-0.25, -0.2) is 0 Å². The first-order valence-corrected chi connectivity index (χ1v) is 8.69. The molecule has 0 spiro atoms. The molecule has 1 aromatic heterocycles. The van der Waals surface area contributed by atoms with Crippen LogP contribution in [0.15, 0.2) is 24.5 Å². The molecular weight excluding hydrogens is 366 g/mol. The fourth-order valence-corrected chi connectivity index (χ4v) is 2.37. The Bertz CT molecular complexity index is 737. The average molecular weight is 391 g/mol. The van der Waals surface area contributed by atoms with Crippen LogP contribution in [0.5, 0.6) is 0 Å². The lowest BCUT2D eigenvalue weighted by atomic mass is 9.99. The van der Waals surface area contributed by atoms with Crippen molar-refractivity contribution in [3.63, 3.8) is 0 Å². The first kappa shape index (κ1) is 22.7. The van der Waals surface area contributed by atoms with Crippen molar-refractivity contribution in [1.29, 1.82) is 0 Å². The van der Waals surface area contributed by atoms with Gasteiger partial charge in [0.1, 0.15) is 6.04 Å². The summed E-state index contributed by atoms with van der Waals surface area (Å²) in [6.45, 7) is 3.01. The van der Waals surface area contributed by atoms with Crippen LogP contribution >= 0.6 is 0 Å². The summed E-state index contributed by atoms with van der Waals surface area (Å²) in [6.07, 6.45) is 2.64. The normalized spacial score (nSPS) is 13.6. The number of hydrogen-bond donors (Lipinski definition) is 4. The SMILES string of the molecule is C[C@@H](CC(=O)[C@@H](C)NC(=O)Cc1ccncc1)C(=O)N[C@@H](CC(N)=O)C(N)=O. The van der Waals surface area contributed by atoms with Gasteiger partial charge in [0.05, 0.1) is 18.9 Å². The molecule has 0 bridgehead atoms. The van der Waals surface area contributed by atoms with Crippen LogP contribution < -0.4 is 22.1 Å². The number of aromatic nitrogens is 1. The molecule has 4 amide bonds. The molecule has 1 rings (SSSR count). The van der Waals surface area contributed by atoms with Crippen molar-refractivity contribution >= 4 is 29.4 Å². The lowest BCUT2D eigenvalue weighted by Gasteiger charge is -2.19. The van der Waals surface area contributed by atoms with Crippen molar-refractivity contribution in [2.45, 2.75) is 45.2 Å². The minimum absolute atomic E-state index is 0.101. The van der Waals surface area contributed by atoms with Gasteiger partial charge in [-0.05, 0) is 24.6 Å². The molecule has 6 N–H and O–H groups in total. The fraction of sp³-hybridized carbons (Fsp3) is 0.444. The summed E-state index contributed by atoms with van der Waals surface area (Å²) in [5.74, 6) is -3.79. The number of primary amides is 2. The van der Waals surface area contributed by atoms with Gasteiger partial charge in [-0.3, -0.25) is 29.0 Å². The maximum absolute atomic E-state index is 12.3. The standard InChI is InChI=1S/C18H25N5O5/c1-10(18(28)23-13(17(20)27)9-15(19)25)7-14(24)11(2)22-16(26)8-12-3-5-21-6-4-12/h3-6,10-11,13H,7-9H2,1-2H3,(H2,19,25)(H2,20,27)(H,22,26)(H,23,28)/t10-,11+,13-/m0/s1. The van der Waals surface area contributed by atoms with E-state index >= 15 is 0 Å². The summed E-state index contributed by atoms with van der Waals surface area (Å²) in [5.41, 5.74) is 10.9. The van der Waals surface area contributed by atoms with E-state index in [4.69, 9.17) is 11.5 Å². The van der Waals surface area contributed by atoms with Crippen molar-refractivity contribution in [3.05, 3.63) is 30.1 Å². The molecule has 10 nitrogen and oxygen atoms in total. The lowest BCUT2D eigenvalue weighted by molar-refractivity contribution is -0.133. The van der Waals surface area contributed by atoms with E-state index in [0.29, 0.717) is 0 Å². The van der Waals surface area contributed by atoms with E-state index in [0.717, 1.165) is 5.56 Å². The molecule has 10 heteroatoms. The van der Waals surface area contributed by atoms with Crippen LogP contribution in [-0.2, 0) is 30.4 Å². The molecule has 1 heterocycles. The number of amides is 4. The Morgan fingerprint density at radius 1 is 1.00 bits per heavy atom. The third-order valence-electron chi connectivity index (χ3n) is 3.99. The van der Waals surface area contributed by atoms with Crippen LogP contribution in [-0.4, -0.2) is 46.5 Å². The second kappa shape index (κ2) is 10.8. The second-order valence-electron chi connectivity index (χ2n) is 6.53. The van der Waals surface area contributed by atoms with Crippen molar-refractivity contribution < 1.29 is 24.0 Å². The second-order valence-corrected chi connectivity index (χ2v) is 6.53. The van der Waals surface area contributed by atoms with Crippen LogP contribution in [0, 0.1) is 5.92 Å². The van der Waals surface area contributed by atoms with Gasteiger partial charge in [-0.2, -0.15) is 0 Å². The highest BCUT2D eigenvalue weighted by atomic mass is 16.2. The number of nitrogens with zero attached hydrogens (tertiary/aromatic N) is 1. The number of carbonyl (C=O) groups is 5. The van der Waals surface area contributed by atoms with Gasteiger partial charge in [0.2, 0.25) is 23.6 Å². The predicted octanol–water partition coefficient (Wildman–Crippen LogP) is -1.43. The summed E-state index contributed by atoms with van der Waals surface area (Å²) in [6, 6.07) is 1.36. The van der Waals surface area contributed by atoms with Gasteiger partial charge in [0, 0.05) is 24.7 Å². The van der Waals surface area contributed by atoms with Crippen molar-refractivity contribution in [2.75, 3.05) is 0 Å². The summed E-state index contributed by atoms with van der Waals surface area (Å²) in [4.78, 5) is 62.5. The average Bonchev–Trinajstić information content (AvgIpc) is 2.61. The maximum Gasteiger partial charge on any atom is 0.240 e. The third-order valence-corrected chi connectivity index (χ3v) is 3.99. The highest BCUT2D eigenvalue weighted by molar-refractivity contribution is 5.94. The minimum Gasteiger partial charge on any atom is -0.370 e. The quantitative estimate of drug-likeness (QED) is 0.359. The fourth-order valence-electron chi connectivity index (χ4n) is 2.37. The number of nitrogens with two attached hydrogens (primary N) is 2. The third kappa shape index (κ3) is 7.94. The Balaban J connectivity index is 2.52. The highest BCUT2D eigenvalue weighted by Crippen LogP contribution is 2.07. The minimum atomic E-state index is -1.24. The number of Topliss-reactive ketones (excluding diaryl/α,β-unsaturated/α-hetero) is 1. The van der Waals surface area contributed by atoms with E-state index in [-0.39, 0.29) is 24.5 Å². The van der Waals surface area contributed by atoms with E-state index in [1.54, 1.807) is 24.5 Å². The molecule has 0 aliphatic rings. The Hall–Kier alpha value is -3.30. The van der Waals surface area contributed by atoms with Gasteiger partial charge >= 0.3 is 0 Å². The molecule has 1 aromatic rings. The van der Waals surface area contributed by atoms with Crippen molar-refractivity contribution in [1.82, 2.24) is 15.6 Å². The molecule has 28 heavy (non-hydrogen) atoms. The van der Waals surface area contributed by atoms with Crippen LogP contribution in [0.2, 0.25) is 0 Å². The van der Waals surface area contributed by atoms with Crippen LogP contribution in [0.25, 0.3) is 0 Å². The van der Waals surface area contributed by atoms with E-state index in [2.05, 4.69) is 15.6 Å². The van der Waals surface area contributed by atoms with Gasteiger partial charge in [-0.1, -0.05) is 6.92 Å². The zero-order valence-corrected chi connectivity index (χ0v) is 15.8. The van der Waals surface area contributed by atoms with Gasteiger partial charge in [0.15, 0.2) is 5.78 Å². The molecule has 0 saturated heterocycles. The summed E-state index contributed by atoms with van der Waals surface area (Å²) in [5, 5.41) is 4.89. The molecule has 0 aliphatic carbocycles. The van der Waals surface area contributed by atoms with E-state index < -0.39 is 42.1 Å². The number of carbonyl (C=O) groups excluding carboxylic acids is 5. The molecular formula is C18H25N5O5. The smallest absolute Gasteiger partial charge is 0.240 e. The topological polar surface area (TPSA) is 174 Å². The Kier molecular flexibility index (Phi) is 8.73. The van der Waals surface area contributed by atoms with E-state index in [1.165, 1.54) is 13.8 Å². The van der Waals surface area contributed by atoms with Gasteiger partial charge in [0.25, 0.3) is 0 Å². The molecule has 0 saturated carbocycles. The molecule has 0 unspecified atom stereocenters. The van der Waals surface area contributed by atoms with E-state index in [9.17, 15) is 24.0 Å². The zero-order chi connectivity index (χ0) is 21.3. The molecule has 3 atom stereocenters. The number of hydrogen-bond acceptors (Lipinski definition) is 6. The summed E-state index contributed by atoms with van der Waals surface area (Å²) >= 11 is 0. The van der Waals surface area contributed by atoms with Gasteiger partial charge < -0.3 is 22.1 Å². The molecule has 0 radical (unpaired) electrons.